The molecule has 2 N–H and O–H groups in total. The number of carbonyl (C=O) groups excluding carboxylic acids is 1. The number of aliphatic carboxylic acids is 1. The van der Waals surface area contributed by atoms with Gasteiger partial charge in [-0.2, -0.15) is 0 Å². The molecule has 2 aromatic rings. The van der Waals surface area contributed by atoms with Crippen molar-refractivity contribution in [1.29, 1.82) is 0 Å². The first kappa shape index (κ1) is 20.1. The zero-order valence-corrected chi connectivity index (χ0v) is 16.1. The second kappa shape index (κ2) is 8.17. The van der Waals surface area contributed by atoms with Crippen LogP contribution in [0.2, 0.25) is 0 Å². The van der Waals surface area contributed by atoms with E-state index >= 15 is 0 Å². The van der Waals surface area contributed by atoms with Crippen LogP contribution in [0.4, 0.5) is 0 Å². The molecule has 0 spiro atoms. The Hall–Kier alpha value is -3.62. The van der Waals surface area contributed by atoms with Crippen molar-refractivity contribution in [3.05, 3.63) is 35.4 Å². The molecule has 1 heterocycles. The van der Waals surface area contributed by atoms with Crippen molar-refractivity contribution in [2.24, 2.45) is 0 Å². The number of carbonyl (C=O) groups is 2. The number of phenols is 1. The number of benzene rings is 2. The maximum atomic E-state index is 12.7. The highest BCUT2D eigenvalue weighted by molar-refractivity contribution is 6.03. The molecule has 1 aliphatic heterocycles. The number of Topliss-reactive ketones (excluding diaryl/α,β-unsaturated/α-hetero) is 1. The first-order valence-electron chi connectivity index (χ1n) is 8.59. The van der Waals surface area contributed by atoms with Crippen molar-refractivity contribution in [2.75, 3.05) is 27.9 Å². The molecule has 1 atom stereocenters. The second-order valence-electron chi connectivity index (χ2n) is 6.16. The van der Waals surface area contributed by atoms with E-state index in [1.807, 2.05) is 0 Å². The fraction of sp³-hybridized carbons (Fsp3) is 0.300. The Labute approximate surface area is 166 Å². The molecular formula is C20H20O9. The normalized spacial score (nSPS) is 15.1. The molecule has 9 heteroatoms. The number of ketones is 1. The van der Waals surface area contributed by atoms with E-state index in [2.05, 4.69) is 0 Å². The van der Waals surface area contributed by atoms with E-state index in [1.54, 1.807) is 18.2 Å². The van der Waals surface area contributed by atoms with E-state index in [0.29, 0.717) is 17.1 Å². The summed E-state index contributed by atoms with van der Waals surface area (Å²) in [5.41, 5.74) is 0.631. The van der Waals surface area contributed by atoms with Crippen LogP contribution >= 0.6 is 0 Å². The van der Waals surface area contributed by atoms with Crippen LogP contribution < -0.4 is 23.7 Å². The maximum absolute atomic E-state index is 12.7. The number of carboxylic acids is 1. The molecule has 9 nitrogen and oxygen atoms in total. The molecule has 1 aliphatic rings. The van der Waals surface area contributed by atoms with Gasteiger partial charge in [0, 0.05) is 6.07 Å². The van der Waals surface area contributed by atoms with Gasteiger partial charge >= 0.3 is 5.97 Å². The smallest absolute Gasteiger partial charge is 0.341 e. The molecule has 0 fully saturated rings. The summed E-state index contributed by atoms with van der Waals surface area (Å²) < 4.78 is 26.7. The molecule has 0 amide bonds. The summed E-state index contributed by atoms with van der Waals surface area (Å²) in [6, 6.07) is 6.48. The third-order valence-electron chi connectivity index (χ3n) is 4.44. The zero-order valence-electron chi connectivity index (χ0n) is 16.1. The fourth-order valence-corrected chi connectivity index (χ4v) is 3.11. The standard InChI is InChI=1S/C20H20O9/c1-25-12-5-4-10(6-14(12)26-2)13-7-11(21)18-15(29-13)8-16(28-9-17(22)23)20(27-3)19(18)24/h4-6,8,13,24H,7,9H2,1-3H3,(H,22,23). The van der Waals surface area contributed by atoms with Crippen molar-refractivity contribution < 1.29 is 43.5 Å². The molecule has 1 unspecified atom stereocenters. The topological polar surface area (TPSA) is 121 Å². The van der Waals surface area contributed by atoms with Crippen molar-refractivity contribution in [1.82, 2.24) is 0 Å². The summed E-state index contributed by atoms with van der Waals surface area (Å²) in [4.78, 5) is 23.5. The Balaban J connectivity index is 2.00. The average molecular weight is 404 g/mol. The van der Waals surface area contributed by atoms with Gasteiger partial charge in [-0.15, -0.1) is 0 Å². The lowest BCUT2D eigenvalue weighted by Crippen LogP contribution is -2.21. The highest BCUT2D eigenvalue weighted by atomic mass is 16.5. The number of fused-ring (bicyclic) bond motifs is 1. The van der Waals surface area contributed by atoms with Crippen LogP contribution in [-0.4, -0.2) is 49.9 Å². The molecular weight excluding hydrogens is 384 g/mol. The molecule has 3 rings (SSSR count). The molecule has 0 saturated carbocycles. The Morgan fingerprint density at radius 2 is 1.83 bits per heavy atom. The van der Waals surface area contributed by atoms with Crippen LogP contribution in [0.5, 0.6) is 34.5 Å². The summed E-state index contributed by atoms with van der Waals surface area (Å²) in [5, 5.41) is 19.3. The third kappa shape index (κ3) is 3.84. The molecule has 0 aliphatic carbocycles. The number of hydrogen-bond donors (Lipinski definition) is 2. The Morgan fingerprint density at radius 3 is 2.45 bits per heavy atom. The maximum Gasteiger partial charge on any atom is 0.341 e. The largest absolute Gasteiger partial charge is 0.504 e. The van der Waals surface area contributed by atoms with Gasteiger partial charge in [-0.25, -0.2) is 4.79 Å². The number of aromatic hydroxyl groups is 1. The first-order valence-corrected chi connectivity index (χ1v) is 8.59. The van der Waals surface area contributed by atoms with E-state index in [4.69, 9.17) is 28.8 Å². The van der Waals surface area contributed by atoms with E-state index in [-0.39, 0.29) is 35.0 Å². The lowest BCUT2D eigenvalue weighted by Gasteiger charge is -2.27. The molecule has 0 saturated heterocycles. The van der Waals surface area contributed by atoms with E-state index in [1.165, 1.54) is 27.4 Å². The number of hydrogen-bond acceptors (Lipinski definition) is 8. The zero-order chi connectivity index (χ0) is 21.1. The predicted molar refractivity (Wildman–Crippen MR) is 99.7 cm³/mol. The van der Waals surface area contributed by atoms with Crippen LogP contribution in [0.3, 0.4) is 0 Å². The summed E-state index contributed by atoms with van der Waals surface area (Å²) in [6.45, 7) is -0.651. The van der Waals surface area contributed by atoms with E-state index < -0.39 is 24.4 Å². The lowest BCUT2D eigenvalue weighted by atomic mass is 9.95. The Kier molecular flexibility index (Phi) is 5.67. The van der Waals surface area contributed by atoms with Crippen LogP contribution in [0, 0.1) is 0 Å². The average Bonchev–Trinajstić information content (AvgIpc) is 2.71. The number of phenolic OH excluding ortho intramolecular Hbond substituents is 1. The summed E-state index contributed by atoms with van der Waals surface area (Å²) in [6.07, 6.45) is -0.663. The minimum atomic E-state index is -1.20. The van der Waals surface area contributed by atoms with Crippen LogP contribution in [0.15, 0.2) is 24.3 Å². The van der Waals surface area contributed by atoms with Gasteiger partial charge in [0.1, 0.15) is 17.4 Å². The minimum absolute atomic E-state index is 0.0193. The molecule has 2 aromatic carbocycles. The van der Waals surface area contributed by atoms with Crippen molar-refractivity contribution in [2.45, 2.75) is 12.5 Å². The van der Waals surface area contributed by atoms with Gasteiger partial charge in [-0.1, -0.05) is 6.07 Å². The highest BCUT2D eigenvalue weighted by Gasteiger charge is 2.34. The summed E-state index contributed by atoms with van der Waals surface area (Å²) in [7, 11) is 4.29. The van der Waals surface area contributed by atoms with Gasteiger partial charge in [-0.3, -0.25) is 4.79 Å². The van der Waals surface area contributed by atoms with Gasteiger partial charge in [-0.05, 0) is 17.7 Å². The SMILES string of the molecule is COc1ccc(C2CC(=O)c3c(cc(OCC(=O)O)c(OC)c3O)O2)cc1OC. The highest BCUT2D eigenvalue weighted by Crippen LogP contribution is 2.49. The van der Waals surface area contributed by atoms with Crippen LogP contribution in [-0.2, 0) is 4.79 Å². The monoisotopic (exact) mass is 404 g/mol. The minimum Gasteiger partial charge on any atom is -0.504 e. The number of carboxylic acid groups (broad SMARTS) is 1. The molecule has 0 bridgehead atoms. The Bertz CT molecular complexity index is 951. The predicted octanol–water partition coefficient (Wildman–Crippen LogP) is 2.59. The van der Waals surface area contributed by atoms with Gasteiger partial charge < -0.3 is 33.9 Å². The van der Waals surface area contributed by atoms with Crippen molar-refractivity contribution >= 4 is 11.8 Å². The van der Waals surface area contributed by atoms with Crippen molar-refractivity contribution in [3.8, 4) is 34.5 Å². The first-order chi connectivity index (χ1) is 13.9. The quantitative estimate of drug-likeness (QED) is 0.717. The van der Waals surface area contributed by atoms with Crippen LogP contribution in [0.1, 0.15) is 28.4 Å². The van der Waals surface area contributed by atoms with Gasteiger partial charge in [0.2, 0.25) is 5.75 Å². The lowest BCUT2D eigenvalue weighted by molar-refractivity contribution is -0.139. The number of ether oxygens (including phenoxy) is 5. The Morgan fingerprint density at radius 1 is 1.10 bits per heavy atom. The van der Waals surface area contributed by atoms with Gasteiger partial charge in [0.15, 0.2) is 35.4 Å². The van der Waals surface area contributed by atoms with E-state index in [9.17, 15) is 14.7 Å². The van der Waals surface area contributed by atoms with Crippen molar-refractivity contribution in [3.63, 3.8) is 0 Å². The second-order valence-corrected chi connectivity index (χ2v) is 6.16. The molecule has 154 valence electrons. The van der Waals surface area contributed by atoms with Gasteiger partial charge in [0.05, 0.1) is 27.8 Å². The number of methoxy groups -OCH3 is 3. The van der Waals surface area contributed by atoms with E-state index in [0.717, 1.165) is 0 Å². The van der Waals surface area contributed by atoms with Gasteiger partial charge in [0.25, 0.3) is 0 Å². The summed E-state index contributed by atoms with van der Waals surface area (Å²) in [5.74, 6) is -1.11. The molecule has 29 heavy (non-hydrogen) atoms. The molecule has 0 radical (unpaired) electrons. The fourth-order valence-electron chi connectivity index (χ4n) is 3.11. The molecule has 0 aromatic heterocycles. The number of rotatable bonds is 7. The third-order valence-corrected chi connectivity index (χ3v) is 4.44. The van der Waals surface area contributed by atoms with Crippen LogP contribution in [0.25, 0.3) is 0 Å². The summed E-state index contributed by atoms with van der Waals surface area (Å²) >= 11 is 0.